The predicted molar refractivity (Wildman–Crippen MR) is 55.7 cm³/mol. The molecule has 0 N–H and O–H groups in total. The topological polar surface area (TPSA) is 39.9 Å². The molecule has 2 aromatic rings. The van der Waals surface area contributed by atoms with Crippen LogP contribution in [0.15, 0.2) is 35.3 Å². The first-order valence-electron chi connectivity index (χ1n) is 4.36. The lowest BCUT2D eigenvalue weighted by atomic mass is 10.3. The average molecular weight is 308 g/mol. The van der Waals surface area contributed by atoms with Crippen molar-refractivity contribution < 1.29 is 17.9 Å². The molecule has 90 valence electrons. The van der Waals surface area contributed by atoms with E-state index in [1.807, 2.05) is 0 Å². The van der Waals surface area contributed by atoms with E-state index in [1.54, 1.807) is 0 Å². The van der Waals surface area contributed by atoms with Gasteiger partial charge in [0.15, 0.2) is 0 Å². The molecule has 0 saturated carbocycles. The summed E-state index contributed by atoms with van der Waals surface area (Å²) in [5.41, 5.74) is 0.567. The minimum Gasteiger partial charge on any atom is -0.406 e. The second-order valence-corrected chi connectivity index (χ2v) is 3.86. The van der Waals surface area contributed by atoms with Gasteiger partial charge in [0.1, 0.15) is 18.4 Å². The van der Waals surface area contributed by atoms with Crippen LogP contribution in [0.4, 0.5) is 13.2 Å². The molecule has 0 aliphatic rings. The van der Waals surface area contributed by atoms with Crippen LogP contribution >= 0.6 is 15.9 Å². The van der Waals surface area contributed by atoms with Crippen molar-refractivity contribution in [3.05, 3.63) is 35.3 Å². The van der Waals surface area contributed by atoms with Crippen molar-refractivity contribution in [2.45, 2.75) is 6.36 Å². The minimum absolute atomic E-state index is 0.298. The zero-order valence-corrected chi connectivity index (χ0v) is 9.73. The summed E-state index contributed by atoms with van der Waals surface area (Å²) < 4.78 is 41.6. The van der Waals surface area contributed by atoms with Crippen LogP contribution in [0, 0.1) is 0 Å². The molecule has 0 aliphatic heterocycles. The monoisotopic (exact) mass is 307 g/mol. The number of alkyl halides is 3. The Hall–Kier alpha value is -1.57. The Morgan fingerprint density at radius 1 is 1.29 bits per heavy atom. The Labute approximate surface area is 102 Å². The molecule has 4 nitrogen and oxygen atoms in total. The van der Waals surface area contributed by atoms with Crippen molar-refractivity contribution in [3.63, 3.8) is 0 Å². The van der Waals surface area contributed by atoms with Gasteiger partial charge < -0.3 is 4.74 Å². The van der Waals surface area contributed by atoms with Gasteiger partial charge in [0.2, 0.25) is 0 Å². The van der Waals surface area contributed by atoms with Gasteiger partial charge in [-0.15, -0.1) is 13.2 Å². The molecule has 0 fully saturated rings. The number of rotatable bonds is 2. The summed E-state index contributed by atoms with van der Waals surface area (Å²) in [4.78, 5) is 3.74. The molecular weight excluding hydrogens is 303 g/mol. The van der Waals surface area contributed by atoms with E-state index in [9.17, 15) is 13.2 Å². The SMILES string of the molecule is FC(F)(F)Oc1ccc(-n2cncn2)c(Br)c1. The summed E-state index contributed by atoms with van der Waals surface area (Å²) in [6.07, 6.45) is -1.94. The fourth-order valence-corrected chi connectivity index (χ4v) is 1.74. The van der Waals surface area contributed by atoms with E-state index >= 15 is 0 Å². The second-order valence-electron chi connectivity index (χ2n) is 3.00. The quantitative estimate of drug-likeness (QED) is 0.856. The van der Waals surface area contributed by atoms with Crippen LogP contribution < -0.4 is 4.74 Å². The molecule has 0 bridgehead atoms. The van der Waals surface area contributed by atoms with Crippen LogP contribution in [0.25, 0.3) is 5.69 Å². The molecule has 0 aliphatic carbocycles. The highest BCUT2D eigenvalue weighted by Gasteiger charge is 2.31. The molecule has 0 radical (unpaired) electrons. The van der Waals surface area contributed by atoms with E-state index in [1.165, 1.54) is 35.5 Å². The van der Waals surface area contributed by atoms with Gasteiger partial charge in [0.05, 0.1) is 5.69 Å². The van der Waals surface area contributed by atoms with Crippen molar-refractivity contribution in [2.24, 2.45) is 0 Å². The lowest BCUT2D eigenvalue weighted by molar-refractivity contribution is -0.274. The van der Waals surface area contributed by atoms with Gasteiger partial charge in [0.25, 0.3) is 0 Å². The summed E-state index contributed by atoms with van der Waals surface area (Å²) in [6.45, 7) is 0. The van der Waals surface area contributed by atoms with Gasteiger partial charge in [-0.05, 0) is 34.1 Å². The Balaban J connectivity index is 2.30. The molecule has 1 aromatic carbocycles. The molecule has 0 spiro atoms. The number of hydrogen-bond acceptors (Lipinski definition) is 3. The van der Waals surface area contributed by atoms with Crippen LogP contribution in [0.5, 0.6) is 5.75 Å². The van der Waals surface area contributed by atoms with E-state index < -0.39 is 6.36 Å². The van der Waals surface area contributed by atoms with Crippen molar-refractivity contribution in [1.82, 2.24) is 14.8 Å². The zero-order chi connectivity index (χ0) is 12.5. The van der Waals surface area contributed by atoms with Crippen molar-refractivity contribution in [1.29, 1.82) is 0 Å². The van der Waals surface area contributed by atoms with E-state index in [4.69, 9.17) is 0 Å². The maximum Gasteiger partial charge on any atom is 0.573 e. The fraction of sp³-hybridized carbons (Fsp3) is 0.111. The molecule has 2 rings (SSSR count). The molecule has 1 aromatic heterocycles. The number of nitrogens with zero attached hydrogens (tertiary/aromatic N) is 3. The molecule has 0 amide bonds. The van der Waals surface area contributed by atoms with Gasteiger partial charge in [-0.25, -0.2) is 9.67 Å². The highest BCUT2D eigenvalue weighted by Crippen LogP contribution is 2.29. The zero-order valence-electron chi connectivity index (χ0n) is 8.15. The van der Waals surface area contributed by atoms with E-state index in [-0.39, 0.29) is 5.75 Å². The van der Waals surface area contributed by atoms with Crippen molar-refractivity contribution in [3.8, 4) is 11.4 Å². The van der Waals surface area contributed by atoms with Gasteiger partial charge in [-0.2, -0.15) is 5.10 Å². The maximum atomic E-state index is 12.0. The number of halogens is 4. The Kier molecular flexibility index (Phi) is 3.05. The largest absolute Gasteiger partial charge is 0.573 e. The summed E-state index contributed by atoms with van der Waals surface area (Å²) in [5.74, 6) is -0.298. The molecule has 8 heteroatoms. The van der Waals surface area contributed by atoms with Gasteiger partial charge in [-0.3, -0.25) is 0 Å². The van der Waals surface area contributed by atoms with E-state index in [0.717, 1.165) is 0 Å². The van der Waals surface area contributed by atoms with E-state index in [0.29, 0.717) is 10.2 Å². The molecule has 0 unspecified atom stereocenters. The van der Waals surface area contributed by atoms with Crippen LogP contribution in [0.1, 0.15) is 0 Å². The minimum atomic E-state index is -4.70. The maximum absolute atomic E-state index is 12.0. The Morgan fingerprint density at radius 3 is 2.59 bits per heavy atom. The molecule has 1 heterocycles. The van der Waals surface area contributed by atoms with Gasteiger partial charge >= 0.3 is 6.36 Å². The summed E-state index contributed by atoms with van der Waals surface area (Å²) in [5, 5.41) is 3.86. The Morgan fingerprint density at radius 2 is 2.06 bits per heavy atom. The third-order valence-corrected chi connectivity index (χ3v) is 2.45. The molecule has 17 heavy (non-hydrogen) atoms. The lowest BCUT2D eigenvalue weighted by Gasteiger charge is -2.10. The van der Waals surface area contributed by atoms with Crippen LogP contribution in [0.3, 0.4) is 0 Å². The number of hydrogen-bond donors (Lipinski definition) is 0. The van der Waals surface area contributed by atoms with Crippen molar-refractivity contribution >= 4 is 15.9 Å². The summed E-state index contributed by atoms with van der Waals surface area (Å²) in [7, 11) is 0. The second kappa shape index (κ2) is 4.36. The summed E-state index contributed by atoms with van der Waals surface area (Å²) >= 11 is 3.14. The highest BCUT2D eigenvalue weighted by atomic mass is 79.9. The standard InChI is InChI=1S/C9H5BrF3N3O/c10-7-3-6(17-9(11,12)13)1-2-8(7)16-5-14-4-15-16/h1-5H. The first-order chi connectivity index (χ1) is 7.96. The highest BCUT2D eigenvalue weighted by molar-refractivity contribution is 9.10. The van der Waals surface area contributed by atoms with Gasteiger partial charge in [0, 0.05) is 4.47 Å². The number of benzene rings is 1. The van der Waals surface area contributed by atoms with E-state index in [2.05, 4.69) is 30.7 Å². The summed E-state index contributed by atoms with van der Waals surface area (Å²) in [6, 6.07) is 3.86. The molecule has 0 saturated heterocycles. The molecular formula is C9H5BrF3N3O. The first kappa shape index (κ1) is 11.9. The lowest BCUT2D eigenvalue weighted by Crippen LogP contribution is -2.17. The van der Waals surface area contributed by atoms with Crippen molar-refractivity contribution in [2.75, 3.05) is 0 Å². The van der Waals surface area contributed by atoms with Gasteiger partial charge in [-0.1, -0.05) is 0 Å². The smallest absolute Gasteiger partial charge is 0.406 e. The van der Waals surface area contributed by atoms with Crippen LogP contribution in [-0.4, -0.2) is 21.1 Å². The normalized spacial score (nSPS) is 11.5. The Bertz CT molecular complexity index is 513. The predicted octanol–water partition coefficient (Wildman–Crippen LogP) is 2.93. The third-order valence-electron chi connectivity index (χ3n) is 1.82. The number of aromatic nitrogens is 3. The third kappa shape index (κ3) is 2.96. The fourth-order valence-electron chi connectivity index (χ4n) is 1.20. The van der Waals surface area contributed by atoms with Crippen LogP contribution in [0.2, 0.25) is 0 Å². The number of ether oxygens (including phenoxy) is 1. The van der Waals surface area contributed by atoms with Crippen LogP contribution in [-0.2, 0) is 0 Å². The average Bonchev–Trinajstić information content (AvgIpc) is 2.68. The molecule has 0 atom stereocenters. The first-order valence-corrected chi connectivity index (χ1v) is 5.15.